The third kappa shape index (κ3) is 14.8. The number of alkyl halides is 10. The van der Waals surface area contributed by atoms with Gasteiger partial charge in [-0.15, -0.1) is 0 Å². The van der Waals surface area contributed by atoms with Gasteiger partial charge in [-0.1, -0.05) is 0 Å². The smallest absolute Gasteiger partial charge is 0.172 e. The minimum atomic E-state index is -6.06. The number of hydrogen-bond donors (Lipinski definition) is 0. The van der Waals surface area contributed by atoms with Crippen LogP contribution in [0.3, 0.4) is 0 Å². The maximum absolute atomic E-state index is 10.6. The predicted octanol–water partition coefficient (Wildman–Crippen LogP) is 4.13. The van der Waals surface area contributed by atoms with Gasteiger partial charge in [-0.05, 0) is 23.2 Å². The standard InChI is InChI=1S/C2F6.CCl2F2/c3-1(4,5)2(6,7)8;2-1(3,4)5. The molecule has 0 aliphatic rings. The van der Waals surface area contributed by atoms with Gasteiger partial charge in [-0.2, -0.15) is 35.1 Å². The van der Waals surface area contributed by atoms with E-state index in [0.717, 1.165) is 0 Å². The zero-order valence-corrected chi connectivity index (χ0v) is 6.79. The van der Waals surface area contributed by atoms with Crippen molar-refractivity contribution in [1.82, 2.24) is 0 Å². The summed E-state index contributed by atoms with van der Waals surface area (Å²) < 4.78 is 83.7. The normalized spacial score (nSPS) is 13.4. The van der Waals surface area contributed by atoms with Gasteiger partial charge in [0.15, 0.2) is 0 Å². The summed E-state index contributed by atoms with van der Waals surface area (Å²) in [5, 5.41) is 0. The summed E-state index contributed by atoms with van der Waals surface area (Å²) in [6, 6.07) is 0. The van der Waals surface area contributed by atoms with E-state index in [4.69, 9.17) is 0 Å². The molecule has 0 unspecified atom stereocenters. The molecule has 0 fully saturated rings. The SMILES string of the molecule is FC(F)(Cl)Cl.FC(F)(F)C(F)(F)F. The fraction of sp³-hybridized carbons (Fsp3) is 1.00. The molecular formula is C3Cl2F8. The fourth-order valence-electron chi connectivity index (χ4n) is 0. The van der Waals surface area contributed by atoms with Crippen molar-refractivity contribution in [3.05, 3.63) is 0 Å². The lowest BCUT2D eigenvalue weighted by molar-refractivity contribution is -0.339. The van der Waals surface area contributed by atoms with Crippen LogP contribution in [0.2, 0.25) is 0 Å². The summed E-state index contributed by atoms with van der Waals surface area (Å²) in [6.07, 6.45) is -12.1. The van der Waals surface area contributed by atoms with Crippen molar-refractivity contribution >= 4 is 23.2 Å². The molecule has 0 saturated carbocycles. The van der Waals surface area contributed by atoms with Crippen LogP contribution in [0.1, 0.15) is 0 Å². The lowest BCUT2D eigenvalue weighted by atomic mass is 10.7. The molecule has 13 heavy (non-hydrogen) atoms. The molecule has 0 aromatic carbocycles. The highest BCUT2D eigenvalue weighted by atomic mass is 35.5. The van der Waals surface area contributed by atoms with Crippen LogP contribution in [-0.2, 0) is 0 Å². The molecule has 0 aromatic heterocycles. The van der Waals surface area contributed by atoms with E-state index in [2.05, 4.69) is 23.2 Å². The van der Waals surface area contributed by atoms with E-state index in [1.54, 1.807) is 0 Å². The molecule has 0 spiro atoms. The number of hydrogen-bond acceptors (Lipinski definition) is 0. The lowest BCUT2D eigenvalue weighted by Gasteiger charge is -2.08. The summed E-state index contributed by atoms with van der Waals surface area (Å²) >= 11 is 7.92. The van der Waals surface area contributed by atoms with E-state index >= 15 is 0 Å². The van der Waals surface area contributed by atoms with Gasteiger partial charge in [0.25, 0.3) is 0 Å². The number of rotatable bonds is 0. The van der Waals surface area contributed by atoms with Crippen LogP contribution in [0.4, 0.5) is 35.1 Å². The largest absolute Gasteiger partial charge is 0.487 e. The van der Waals surface area contributed by atoms with Crippen LogP contribution in [-0.4, -0.2) is 17.2 Å². The monoisotopic (exact) mass is 258 g/mol. The first kappa shape index (κ1) is 15.5. The van der Waals surface area contributed by atoms with Crippen molar-refractivity contribution in [2.45, 2.75) is 17.2 Å². The summed E-state index contributed by atoms with van der Waals surface area (Å²) in [6.45, 7) is 0. The van der Waals surface area contributed by atoms with E-state index < -0.39 is 17.2 Å². The van der Waals surface area contributed by atoms with Crippen molar-refractivity contribution in [3.8, 4) is 0 Å². The van der Waals surface area contributed by atoms with E-state index in [1.807, 2.05) is 0 Å². The van der Waals surface area contributed by atoms with E-state index in [1.165, 1.54) is 0 Å². The van der Waals surface area contributed by atoms with Gasteiger partial charge in [-0.3, -0.25) is 0 Å². The van der Waals surface area contributed by atoms with E-state index in [0.29, 0.717) is 0 Å². The van der Waals surface area contributed by atoms with Crippen LogP contribution < -0.4 is 0 Å². The quantitative estimate of drug-likeness (QED) is 0.453. The summed E-state index contributed by atoms with van der Waals surface area (Å²) in [5.74, 6) is 0. The van der Waals surface area contributed by atoms with Gasteiger partial charge in [0.05, 0.1) is 0 Å². The zero-order chi connectivity index (χ0) is 11.5. The van der Waals surface area contributed by atoms with Crippen molar-refractivity contribution < 1.29 is 35.1 Å². The van der Waals surface area contributed by atoms with Gasteiger partial charge >= 0.3 is 17.2 Å². The highest BCUT2D eigenvalue weighted by molar-refractivity contribution is 6.45. The molecule has 0 nitrogen and oxygen atoms in total. The third-order valence-corrected chi connectivity index (χ3v) is 0.321. The lowest BCUT2D eigenvalue weighted by Crippen LogP contribution is -2.30. The zero-order valence-electron chi connectivity index (χ0n) is 5.28. The molecule has 82 valence electrons. The Labute approximate surface area is 76.4 Å². The molecule has 0 aromatic rings. The van der Waals surface area contributed by atoms with Crippen molar-refractivity contribution in [3.63, 3.8) is 0 Å². The Morgan fingerprint density at radius 1 is 0.538 bits per heavy atom. The first-order chi connectivity index (χ1) is 5.25. The topological polar surface area (TPSA) is 0 Å². The van der Waals surface area contributed by atoms with Gasteiger partial charge in [0.2, 0.25) is 0 Å². The van der Waals surface area contributed by atoms with Gasteiger partial charge in [0, 0.05) is 0 Å². The fourth-order valence-corrected chi connectivity index (χ4v) is 0. The predicted molar refractivity (Wildman–Crippen MR) is 28.8 cm³/mol. The Bertz CT molecular complexity index is 121. The Morgan fingerprint density at radius 3 is 0.615 bits per heavy atom. The Kier molecular flexibility index (Phi) is 5.36. The second-order valence-electron chi connectivity index (χ2n) is 1.42. The molecule has 0 bridgehead atoms. The Morgan fingerprint density at radius 2 is 0.615 bits per heavy atom. The average molecular weight is 259 g/mol. The van der Waals surface area contributed by atoms with Gasteiger partial charge < -0.3 is 0 Å². The molecular weight excluding hydrogens is 259 g/mol. The molecule has 0 aliphatic heterocycles. The van der Waals surface area contributed by atoms with Crippen LogP contribution in [0, 0.1) is 0 Å². The van der Waals surface area contributed by atoms with Crippen LogP contribution >= 0.6 is 23.2 Å². The molecule has 0 radical (unpaired) electrons. The first-order valence-corrected chi connectivity index (χ1v) is 2.90. The maximum Gasteiger partial charge on any atom is 0.487 e. The second kappa shape index (κ2) is 4.50. The summed E-state index contributed by atoms with van der Waals surface area (Å²) in [5.41, 5.74) is 0. The molecule has 0 rings (SSSR count). The molecule has 0 aliphatic carbocycles. The third-order valence-electron chi connectivity index (χ3n) is 0.321. The van der Waals surface area contributed by atoms with Gasteiger partial charge in [-0.25, -0.2) is 0 Å². The second-order valence-corrected chi connectivity index (χ2v) is 2.57. The highest BCUT2D eigenvalue weighted by Gasteiger charge is 2.58. The van der Waals surface area contributed by atoms with Crippen molar-refractivity contribution in [2.24, 2.45) is 0 Å². The molecule has 0 heterocycles. The Hall–Kier alpha value is 0.0200. The molecule has 0 amide bonds. The highest BCUT2D eigenvalue weighted by Crippen LogP contribution is 2.35. The van der Waals surface area contributed by atoms with Crippen LogP contribution in [0.25, 0.3) is 0 Å². The van der Waals surface area contributed by atoms with Crippen LogP contribution in [0.15, 0.2) is 0 Å². The van der Waals surface area contributed by atoms with Crippen LogP contribution in [0.5, 0.6) is 0 Å². The van der Waals surface area contributed by atoms with Crippen molar-refractivity contribution in [2.75, 3.05) is 0 Å². The molecule has 0 saturated heterocycles. The molecule has 10 heteroatoms. The minimum Gasteiger partial charge on any atom is -0.172 e. The average Bonchev–Trinajstić information content (AvgIpc) is 1.50. The van der Waals surface area contributed by atoms with E-state index in [-0.39, 0.29) is 0 Å². The number of halogens is 10. The minimum absolute atomic E-state index is 3.56. The molecule has 0 N–H and O–H groups in total. The summed E-state index contributed by atoms with van der Waals surface area (Å²) in [4.78, 5) is -3.56. The Balaban J connectivity index is 0. The van der Waals surface area contributed by atoms with E-state index in [9.17, 15) is 35.1 Å². The first-order valence-electron chi connectivity index (χ1n) is 2.14. The molecule has 0 atom stereocenters. The van der Waals surface area contributed by atoms with Gasteiger partial charge in [0.1, 0.15) is 0 Å². The summed E-state index contributed by atoms with van der Waals surface area (Å²) in [7, 11) is 0. The maximum atomic E-state index is 10.6. The van der Waals surface area contributed by atoms with Crippen molar-refractivity contribution in [1.29, 1.82) is 0 Å².